The van der Waals surface area contributed by atoms with Gasteiger partial charge >= 0.3 is 39.5 Å². The zero-order valence-electron chi connectivity index (χ0n) is 59.0. The highest BCUT2D eigenvalue weighted by Gasteiger charge is 2.30. The maximum Gasteiger partial charge on any atom is 0.472 e. The van der Waals surface area contributed by atoms with Crippen LogP contribution in [0, 0.1) is 5.92 Å². The fourth-order valence-electron chi connectivity index (χ4n) is 11.0. The van der Waals surface area contributed by atoms with E-state index < -0.39 is 97.5 Å². The average Bonchev–Trinajstić information content (AvgIpc) is 3.25. The third-order valence-electron chi connectivity index (χ3n) is 16.8. The zero-order chi connectivity index (χ0) is 67.0. The predicted octanol–water partition coefficient (Wildman–Crippen LogP) is 20.9. The number of hydrogen-bond acceptors (Lipinski definition) is 15. The van der Waals surface area contributed by atoms with Gasteiger partial charge in [0, 0.05) is 25.7 Å². The minimum absolute atomic E-state index is 0.107. The smallest absolute Gasteiger partial charge is 0.462 e. The van der Waals surface area contributed by atoms with Gasteiger partial charge in [-0.3, -0.25) is 37.3 Å². The number of aliphatic hydroxyl groups is 1. The van der Waals surface area contributed by atoms with Crippen LogP contribution in [0.25, 0.3) is 0 Å². The highest BCUT2D eigenvalue weighted by molar-refractivity contribution is 7.47. The molecule has 0 aromatic carbocycles. The summed E-state index contributed by atoms with van der Waals surface area (Å²) in [6, 6.07) is 0. The number of rotatable bonds is 72. The van der Waals surface area contributed by atoms with E-state index in [4.69, 9.17) is 37.0 Å². The molecule has 3 N–H and O–H groups in total. The number of phosphoric acid groups is 2. The Morgan fingerprint density at radius 2 is 0.505 bits per heavy atom. The second kappa shape index (κ2) is 65.4. The molecule has 0 fully saturated rings. The lowest BCUT2D eigenvalue weighted by Crippen LogP contribution is -2.30. The summed E-state index contributed by atoms with van der Waals surface area (Å²) in [7, 11) is -9.90. The highest BCUT2D eigenvalue weighted by atomic mass is 31.2. The largest absolute Gasteiger partial charge is 0.472 e. The van der Waals surface area contributed by atoms with Crippen molar-refractivity contribution in [2.45, 2.75) is 393 Å². The SMILES string of the molecule is CCCCCCCCCCCCCCCC(=O)OC[C@H](COP(=O)(O)OC[C@@H](O)COP(=O)(O)OC[C@@H](COC(=O)CCCCCCCCC)OC(=O)CCCCCCCCCCCCCC)OC(=O)CCCCCCCCCCCCCCCCCCC(C)C. The first kappa shape index (κ1) is 89.1. The quantitative estimate of drug-likeness (QED) is 0.0222. The number of unbranched alkanes of at least 4 members (excludes halogenated alkanes) is 44. The molecule has 0 radical (unpaired) electrons. The number of esters is 4. The maximum atomic E-state index is 13.0. The molecule has 0 aliphatic carbocycles. The fraction of sp³-hybridized carbons (Fsp3) is 0.944. The van der Waals surface area contributed by atoms with Crippen LogP contribution in [-0.4, -0.2) is 96.7 Å². The van der Waals surface area contributed by atoms with Crippen molar-refractivity contribution in [3.63, 3.8) is 0 Å². The van der Waals surface area contributed by atoms with Crippen LogP contribution >= 0.6 is 15.6 Å². The van der Waals surface area contributed by atoms with E-state index in [1.54, 1.807) is 0 Å². The van der Waals surface area contributed by atoms with Gasteiger partial charge in [0.1, 0.15) is 19.3 Å². The van der Waals surface area contributed by atoms with Crippen LogP contribution < -0.4 is 0 Å². The molecule has 5 atom stereocenters. The maximum absolute atomic E-state index is 13.0. The molecule has 0 saturated carbocycles. The van der Waals surface area contributed by atoms with Crippen LogP contribution in [0.1, 0.15) is 375 Å². The Hall–Kier alpha value is -1.94. The molecule has 0 aliphatic heterocycles. The van der Waals surface area contributed by atoms with Crippen molar-refractivity contribution in [1.29, 1.82) is 0 Å². The van der Waals surface area contributed by atoms with Crippen LogP contribution in [0.3, 0.4) is 0 Å². The number of aliphatic hydroxyl groups excluding tert-OH is 1. The van der Waals surface area contributed by atoms with Gasteiger partial charge in [0.15, 0.2) is 12.2 Å². The predicted molar refractivity (Wildman–Crippen MR) is 368 cm³/mol. The van der Waals surface area contributed by atoms with E-state index in [9.17, 15) is 43.2 Å². The number of phosphoric ester groups is 2. The van der Waals surface area contributed by atoms with Gasteiger partial charge in [-0.1, -0.05) is 324 Å². The lowest BCUT2D eigenvalue weighted by molar-refractivity contribution is -0.161. The Balaban J connectivity index is 5.18. The van der Waals surface area contributed by atoms with Crippen LogP contribution in [0.15, 0.2) is 0 Å². The van der Waals surface area contributed by atoms with Crippen LogP contribution in [0.5, 0.6) is 0 Å². The van der Waals surface area contributed by atoms with Crippen LogP contribution in [0.2, 0.25) is 0 Å². The molecular formula is C72H140O17P2. The molecule has 540 valence electrons. The molecule has 17 nitrogen and oxygen atoms in total. The molecule has 0 amide bonds. The summed E-state index contributed by atoms with van der Waals surface area (Å²) in [6.07, 6.45) is 52.8. The minimum atomic E-state index is -4.95. The Morgan fingerprint density at radius 3 is 0.747 bits per heavy atom. The van der Waals surface area contributed by atoms with E-state index in [0.29, 0.717) is 25.7 Å². The van der Waals surface area contributed by atoms with Crippen LogP contribution in [0.4, 0.5) is 0 Å². The summed E-state index contributed by atoms with van der Waals surface area (Å²) < 4.78 is 68.3. The van der Waals surface area contributed by atoms with Crippen molar-refractivity contribution in [3.05, 3.63) is 0 Å². The first-order valence-corrected chi connectivity index (χ1v) is 40.6. The van der Waals surface area contributed by atoms with E-state index in [2.05, 4.69) is 34.6 Å². The second-order valence-electron chi connectivity index (χ2n) is 26.5. The summed E-state index contributed by atoms with van der Waals surface area (Å²) in [6.45, 7) is 7.26. The number of carbonyl (C=O) groups excluding carboxylic acids is 4. The molecular weight excluding hydrogens is 1200 g/mol. The highest BCUT2D eigenvalue weighted by Crippen LogP contribution is 2.45. The van der Waals surface area contributed by atoms with Gasteiger partial charge in [0.05, 0.1) is 26.4 Å². The first-order chi connectivity index (χ1) is 44.0. The summed E-state index contributed by atoms with van der Waals surface area (Å²) in [4.78, 5) is 72.5. The summed E-state index contributed by atoms with van der Waals surface area (Å²) in [5.41, 5.74) is 0. The molecule has 0 heterocycles. The van der Waals surface area contributed by atoms with Crippen LogP contribution in [-0.2, 0) is 65.4 Å². The van der Waals surface area contributed by atoms with Crippen molar-refractivity contribution in [2.75, 3.05) is 39.6 Å². The standard InChI is InChI=1S/C72H140O17P2/c1-6-9-12-15-18-20-22-28-33-36-41-46-51-56-70(75)83-62-68(89-72(77)58-53-48-43-38-34-30-27-25-24-26-29-31-35-40-44-49-54-65(4)5)64-87-91(80,81)85-60-66(73)59-84-90(78,79)86-63-67(61-82-69(74)55-50-45-39-17-14-11-8-3)88-71(76)57-52-47-42-37-32-23-21-19-16-13-10-7-2/h65-68,73H,6-64H2,1-5H3,(H,78,79)(H,80,81)/t66-,67+,68+/m0/s1. The van der Waals surface area contributed by atoms with Crippen molar-refractivity contribution in [1.82, 2.24) is 0 Å². The van der Waals surface area contributed by atoms with Gasteiger partial charge in [-0.25, -0.2) is 9.13 Å². The van der Waals surface area contributed by atoms with E-state index in [1.807, 2.05) is 0 Å². The molecule has 2 unspecified atom stereocenters. The summed E-state index contributed by atoms with van der Waals surface area (Å²) >= 11 is 0. The van der Waals surface area contributed by atoms with Crippen molar-refractivity contribution >= 4 is 39.5 Å². The number of hydrogen-bond donors (Lipinski definition) is 3. The second-order valence-corrected chi connectivity index (χ2v) is 29.4. The lowest BCUT2D eigenvalue weighted by Gasteiger charge is -2.21. The molecule has 19 heteroatoms. The average molecular weight is 1340 g/mol. The molecule has 0 aliphatic rings. The molecule has 0 spiro atoms. The molecule has 0 saturated heterocycles. The van der Waals surface area contributed by atoms with Gasteiger partial charge in [-0.2, -0.15) is 0 Å². The third-order valence-corrected chi connectivity index (χ3v) is 18.7. The Morgan fingerprint density at radius 1 is 0.297 bits per heavy atom. The van der Waals surface area contributed by atoms with E-state index in [-0.39, 0.29) is 25.7 Å². The molecule has 91 heavy (non-hydrogen) atoms. The summed E-state index contributed by atoms with van der Waals surface area (Å²) in [5.74, 6) is -1.31. The molecule has 0 aromatic heterocycles. The Bertz CT molecular complexity index is 1750. The number of ether oxygens (including phenoxy) is 4. The van der Waals surface area contributed by atoms with Gasteiger partial charge in [-0.15, -0.1) is 0 Å². The van der Waals surface area contributed by atoms with E-state index in [1.165, 1.54) is 186 Å². The third kappa shape index (κ3) is 66.5. The Kier molecular flexibility index (Phi) is 64.0. The van der Waals surface area contributed by atoms with Gasteiger partial charge in [0.2, 0.25) is 0 Å². The lowest BCUT2D eigenvalue weighted by atomic mass is 10.0. The molecule has 0 aromatic rings. The number of carbonyl (C=O) groups is 4. The van der Waals surface area contributed by atoms with Crippen molar-refractivity contribution in [3.8, 4) is 0 Å². The normalized spacial score (nSPS) is 14.0. The summed E-state index contributed by atoms with van der Waals surface area (Å²) in [5, 5.41) is 10.6. The topological polar surface area (TPSA) is 237 Å². The monoisotopic (exact) mass is 1340 g/mol. The molecule has 0 bridgehead atoms. The Labute approximate surface area is 556 Å². The first-order valence-electron chi connectivity index (χ1n) is 37.6. The zero-order valence-corrected chi connectivity index (χ0v) is 60.8. The van der Waals surface area contributed by atoms with Gasteiger partial charge in [-0.05, 0) is 31.6 Å². The van der Waals surface area contributed by atoms with Crippen molar-refractivity contribution in [2.24, 2.45) is 5.92 Å². The van der Waals surface area contributed by atoms with Gasteiger partial charge in [0.25, 0.3) is 0 Å². The van der Waals surface area contributed by atoms with E-state index >= 15 is 0 Å². The van der Waals surface area contributed by atoms with Gasteiger partial charge < -0.3 is 33.8 Å². The van der Waals surface area contributed by atoms with Crippen molar-refractivity contribution < 1.29 is 80.2 Å². The molecule has 0 rings (SSSR count). The fourth-order valence-corrected chi connectivity index (χ4v) is 12.6. The van der Waals surface area contributed by atoms with E-state index in [0.717, 1.165) is 109 Å². The minimum Gasteiger partial charge on any atom is -0.462 e.